The van der Waals surface area contributed by atoms with Crippen LogP contribution in [0.15, 0.2) is 29.6 Å². The van der Waals surface area contributed by atoms with Crippen molar-refractivity contribution in [3.05, 3.63) is 40.9 Å². The third-order valence-electron chi connectivity index (χ3n) is 3.89. The van der Waals surface area contributed by atoms with E-state index >= 15 is 0 Å². The Hall–Kier alpha value is -2.21. The highest BCUT2D eigenvalue weighted by Gasteiger charge is 2.14. The van der Waals surface area contributed by atoms with Crippen molar-refractivity contribution in [3.8, 4) is 0 Å². The van der Waals surface area contributed by atoms with E-state index in [1.54, 1.807) is 19.1 Å². The number of thiazole rings is 1. The minimum atomic E-state index is 0.0475. The number of nitrogens with one attached hydrogen (secondary N) is 2. The molecule has 0 unspecified atom stereocenters. The van der Waals surface area contributed by atoms with E-state index in [0.29, 0.717) is 12.1 Å². The van der Waals surface area contributed by atoms with E-state index in [4.69, 9.17) is 0 Å². The van der Waals surface area contributed by atoms with E-state index in [0.717, 1.165) is 29.4 Å². The van der Waals surface area contributed by atoms with Gasteiger partial charge in [-0.25, -0.2) is 4.98 Å². The van der Waals surface area contributed by atoms with Gasteiger partial charge in [-0.2, -0.15) is 0 Å². The highest BCUT2D eigenvalue weighted by molar-refractivity contribution is 7.13. The molecule has 0 aliphatic rings. The van der Waals surface area contributed by atoms with Crippen LogP contribution in [0.1, 0.15) is 49.7 Å². The molecule has 2 rings (SSSR count). The number of hydrogen-bond acceptors (Lipinski definition) is 5. The lowest BCUT2D eigenvalue weighted by molar-refractivity contribution is -0.125. The Balaban J connectivity index is 1.91. The number of benzene rings is 1. The SMILES string of the molecule is CCC(CC)C(=O)NCc1csc(Nc2ccc(C(C)=O)cc2)n1. The molecule has 6 heteroatoms. The molecule has 0 radical (unpaired) electrons. The van der Waals surface area contributed by atoms with Gasteiger partial charge < -0.3 is 10.6 Å². The lowest BCUT2D eigenvalue weighted by atomic mass is 10.0. The number of anilines is 2. The van der Waals surface area contributed by atoms with Gasteiger partial charge in [0.25, 0.3) is 0 Å². The molecule has 1 aromatic carbocycles. The monoisotopic (exact) mass is 345 g/mol. The molecule has 0 saturated heterocycles. The first-order chi connectivity index (χ1) is 11.5. The summed E-state index contributed by atoms with van der Waals surface area (Å²) in [5.74, 6) is 0.203. The van der Waals surface area contributed by atoms with Crippen molar-refractivity contribution in [2.75, 3.05) is 5.32 Å². The zero-order chi connectivity index (χ0) is 17.5. The molecule has 0 fully saturated rings. The summed E-state index contributed by atoms with van der Waals surface area (Å²) in [6, 6.07) is 7.28. The van der Waals surface area contributed by atoms with E-state index in [1.807, 2.05) is 31.4 Å². The lowest BCUT2D eigenvalue weighted by Gasteiger charge is -2.11. The van der Waals surface area contributed by atoms with Gasteiger partial charge in [0.05, 0.1) is 12.2 Å². The number of amides is 1. The van der Waals surface area contributed by atoms with Gasteiger partial charge in [-0.1, -0.05) is 13.8 Å². The summed E-state index contributed by atoms with van der Waals surface area (Å²) in [5.41, 5.74) is 2.40. The number of carbonyl (C=O) groups excluding carboxylic acids is 2. The summed E-state index contributed by atoms with van der Waals surface area (Å²) >= 11 is 1.49. The molecule has 24 heavy (non-hydrogen) atoms. The smallest absolute Gasteiger partial charge is 0.223 e. The molecule has 1 amide bonds. The topological polar surface area (TPSA) is 71.1 Å². The predicted octanol–water partition coefficient (Wildman–Crippen LogP) is 4.14. The Morgan fingerprint density at radius 3 is 2.42 bits per heavy atom. The minimum absolute atomic E-state index is 0.0475. The first-order valence-electron chi connectivity index (χ1n) is 8.13. The molecule has 0 aliphatic heterocycles. The zero-order valence-electron chi connectivity index (χ0n) is 14.3. The van der Waals surface area contributed by atoms with Crippen LogP contribution in [0, 0.1) is 5.92 Å². The molecule has 1 heterocycles. The van der Waals surface area contributed by atoms with Crippen LogP contribution in [0.5, 0.6) is 0 Å². The fourth-order valence-electron chi connectivity index (χ4n) is 2.34. The van der Waals surface area contributed by atoms with Crippen molar-refractivity contribution < 1.29 is 9.59 Å². The molecule has 0 saturated carbocycles. The number of aromatic nitrogens is 1. The van der Waals surface area contributed by atoms with Gasteiger partial charge in [0.2, 0.25) is 5.91 Å². The highest BCUT2D eigenvalue weighted by atomic mass is 32.1. The Morgan fingerprint density at radius 2 is 1.83 bits per heavy atom. The highest BCUT2D eigenvalue weighted by Crippen LogP contribution is 2.21. The molecule has 1 aromatic heterocycles. The second-order valence-electron chi connectivity index (χ2n) is 5.63. The van der Waals surface area contributed by atoms with E-state index in [2.05, 4.69) is 15.6 Å². The minimum Gasteiger partial charge on any atom is -0.350 e. The second-order valence-corrected chi connectivity index (χ2v) is 6.49. The summed E-state index contributed by atoms with van der Waals surface area (Å²) in [4.78, 5) is 27.7. The van der Waals surface area contributed by atoms with Gasteiger partial charge in [0.1, 0.15) is 0 Å². The first-order valence-corrected chi connectivity index (χ1v) is 9.01. The molecule has 5 nitrogen and oxygen atoms in total. The third kappa shape index (κ3) is 4.89. The zero-order valence-corrected chi connectivity index (χ0v) is 15.1. The van der Waals surface area contributed by atoms with Crippen LogP contribution in [-0.2, 0) is 11.3 Å². The largest absolute Gasteiger partial charge is 0.350 e. The van der Waals surface area contributed by atoms with Gasteiger partial charge in [0.15, 0.2) is 10.9 Å². The lowest BCUT2D eigenvalue weighted by Crippen LogP contribution is -2.29. The van der Waals surface area contributed by atoms with Crippen molar-refractivity contribution in [1.29, 1.82) is 0 Å². The summed E-state index contributed by atoms with van der Waals surface area (Å²) in [6.45, 7) is 6.04. The summed E-state index contributed by atoms with van der Waals surface area (Å²) in [5, 5.41) is 8.84. The van der Waals surface area contributed by atoms with Crippen LogP contribution in [-0.4, -0.2) is 16.7 Å². The molecule has 0 bridgehead atoms. The van der Waals surface area contributed by atoms with Gasteiger partial charge >= 0.3 is 0 Å². The average Bonchev–Trinajstić information content (AvgIpc) is 3.02. The number of carbonyl (C=O) groups is 2. The second kappa shape index (κ2) is 8.59. The van der Waals surface area contributed by atoms with Crippen LogP contribution in [0.2, 0.25) is 0 Å². The van der Waals surface area contributed by atoms with Crippen molar-refractivity contribution >= 4 is 33.8 Å². The molecular weight excluding hydrogens is 322 g/mol. The maximum absolute atomic E-state index is 12.0. The maximum Gasteiger partial charge on any atom is 0.223 e. The number of nitrogens with zero attached hydrogens (tertiary/aromatic N) is 1. The normalized spacial score (nSPS) is 10.7. The van der Waals surface area contributed by atoms with Crippen molar-refractivity contribution in [2.45, 2.75) is 40.2 Å². The Kier molecular flexibility index (Phi) is 6.49. The van der Waals surface area contributed by atoms with E-state index in [9.17, 15) is 9.59 Å². The van der Waals surface area contributed by atoms with Crippen LogP contribution >= 0.6 is 11.3 Å². The molecular formula is C18H23N3O2S. The molecule has 0 aliphatic carbocycles. The van der Waals surface area contributed by atoms with Crippen LogP contribution < -0.4 is 10.6 Å². The van der Waals surface area contributed by atoms with Gasteiger partial charge in [0, 0.05) is 22.5 Å². The van der Waals surface area contributed by atoms with Crippen LogP contribution in [0.4, 0.5) is 10.8 Å². The Labute approximate surface area is 146 Å². The average molecular weight is 345 g/mol. The van der Waals surface area contributed by atoms with Crippen LogP contribution in [0.25, 0.3) is 0 Å². The Morgan fingerprint density at radius 1 is 1.17 bits per heavy atom. The Bertz CT molecular complexity index is 691. The quantitative estimate of drug-likeness (QED) is 0.705. The number of ketones is 1. The van der Waals surface area contributed by atoms with Gasteiger partial charge in [-0.15, -0.1) is 11.3 Å². The predicted molar refractivity (Wildman–Crippen MR) is 97.8 cm³/mol. The first kappa shape index (κ1) is 18.1. The van der Waals surface area contributed by atoms with Gasteiger partial charge in [-0.3, -0.25) is 9.59 Å². The fraction of sp³-hybridized carbons (Fsp3) is 0.389. The number of Topliss-reactive ketones (excluding diaryl/α,β-unsaturated/α-hetero) is 1. The van der Waals surface area contributed by atoms with Crippen molar-refractivity contribution in [1.82, 2.24) is 10.3 Å². The van der Waals surface area contributed by atoms with E-state index in [1.165, 1.54) is 11.3 Å². The maximum atomic E-state index is 12.0. The number of hydrogen-bond donors (Lipinski definition) is 2. The molecule has 0 spiro atoms. The summed E-state index contributed by atoms with van der Waals surface area (Å²) in [7, 11) is 0. The molecule has 2 aromatic rings. The van der Waals surface area contributed by atoms with E-state index in [-0.39, 0.29) is 17.6 Å². The van der Waals surface area contributed by atoms with Crippen molar-refractivity contribution in [3.63, 3.8) is 0 Å². The molecule has 0 atom stereocenters. The third-order valence-corrected chi connectivity index (χ3v) is 4.70. The molecule has 128 valence electrons. The van der Waals surface area contributed by atoms with Crippen LogP contribution in [0.3, 0.4) is 0 Å². The summed E-state index contributed by atoms with van der Waals surface area (Å²) in [6.07, 6.45) is 1.70. The van der Waals surface area contributed by atoms with Gasteiger partial charge in [-0.05, 0) is 44.0 Å². The fourth-order valence-corrected chi connectivity index (χ4v) is 3.07. The molecule has 2 N–H and O–H groups in total. The van der Waals surface area contributed by atoms with Crippen molar-refractivity contribution in [2.24, 2.45) is 5.92 Å². The standard InChI is InChI=1S/C18H23N3O2S/c1-4-13(5-2)17(23)19-10-16-11-24-18(21-16)20-15-8-6-14(7-9-15)12(3)22/h6-9,11,13H,4-5,10H2,1-3H3,(H,19,23)(H,20,21). The number of rotatable bonds is 8. The summed E-state index contributed by atoms with van der Waals surface area (Å²) < 4.78 is 0. The van der Waals surface area contributed by atoms with E-state index < -0.39 is 0 Å².